The molecule has 0 saturated carbocycles. The minimum Gasteiger partial charge on any atom is -0.385 e. The van der Waals surface area contributed by atoms with E-state index >= 15 is 0 Å². The van der Waals surface area contributed by atoms with E-state index < -0.39 is 0 Å². The summed E-state index contributed by atoms with van der Waals surface area (Å²) in [5, 5.41) is 3.66. The van der Waals surface area contributed by atoms with Crippen molar-refractivity contribution < 1.29 is 4.74 Å². The van der Waals surface area contributed by atoms with E-state index in [2.05, 4.69) is 27.9 Å². The zero-order valence-electron chi connectivity index (χ0n) is 12.6. The normalized spacial score (nSPS) is 26.0. The minimum atomic E-state index is 0.660. The summed E-state index contributed by atoms with van der Waals surface area (Å²) in [7, 11) is 1.76. The van der Waals surface area contributed by atoms with E-state index in [1.54, 1.807) is 7.11 Å². The van der Waals surface area contributed by atoms with Gasteiger partial charge in [0.25, 0.3) is 0 Å². The van der Waals surface area contributed by atoms with Gasteiger partial charge in [0.15, 0.2) is 0 Å². The third kappa shape index (κ3) is 2.83. The molecule has 5 heteroatoms. The Kier molecular flexibility index (Phi) is 4.27. The molecule has 0 unspecified atom stereocenters. The minimum absolute atomic E-state index is 0.660. The molecular formula is C15H26N4O. The first-order valence-electron chi connectivity index (χ1n) is 7.79. The van der Waals surface area contributed by atoms with Crippen molar-refractivity contribution in [2.75, 3.05) is 38.3 Å². The van der Waals surface area contributed by atoms with E-state index in [1.165, 1.54) is 19.4 Å². The highest BCUT2D eigenvalue weighted by Crippen LogP contribution is 2.28. The average Bonchev–Trinajstić information content (AvgIpc) is 3.02. The fraction of sp³-hybridized carbons (Fsp3) is 0.800. The van der Waals surface area contributed by atoms with Crippen molar-refractivity contribution in [1.82, 2.24) is 14.9 Å². The topological polar surface area (TPSA) is 42.3 Å². The first-order chi connectivity index (χ1) is 9.78. The Bertz CT molecular complexity index is 431. The largest absolute Gasteiger partial charge is 0.385 e. The SMILES string of the molecule is COCCCn1cc(C)nc1N1C[C@@H]2CCCN[C@@H]2C1. The Labute approximate surface area is 121 Å². The van der Waals surface area contributed by atoms with E-state index in [9.17, 15) is 0 Å². The number of nitrogens with one attached hydrogen (secondary N) is 1. The molecule has 3 rings (SSSR count). The van der Waals surface area contributed by atoms with Crippen molar-refractivity contribution in [3.05, 3.63) is 11.9 Å². The first kappa shape index (κ1) is 13.9. The van der Waals surface area contributed by atoms with Crippen molar-refractivity contribution in [2.24, 2.45) is 5.92 Å². The van der Waals surface area contributed by atoms with E-state index in [1.807, 2.05) is 0 Å². The lowest BCUT2D eigenvalue weighted by molar-refractivity contribution is 0.190. The number of piperidine rings is 1. The van der Waals surface area contributed by atoms with Crippen LogP contribution in [0, 0.1) is 12.8 Å². The molecule has 0 spiro atoms. The number of methoxy groups -OCH3 is 1. The molecule has 2 aliphatic rings. The van der Waals surface area contributed by atoms with Gasteiger partial charge in [-0.3, -0.25) is 0 Å². The van der Waals surface area contributed by atoms with Crippen molar-refractivity contribution >= 4 is 5.95 Å². The van der Waals surface area contributed by atoms with E-state index in [4.69, 9.17) is 9.72 Å². The molecular weight excluding hydrogens is 252 g/mol. The standard InChI is InChI=1S/C15H26N4O/c1-12-9-18(7-4-8-20-2)15(17-12)19-10-13-5-3-6-16-14(13)11-19/h9,13-14,16H,3-8,10-11H2,1-2H3/t13-,14+/m0/s1. The van der Waals surface area contributed by atoms with Gasteiger partial charge in [0.05, 0.1) is 5.69 Å². The van der Waals surface area contributed by atoms with Crippen LogP contribution in [-0.4, -0.2) is 48.9 Å². The van der Waals surface area contributed by atoms with Gasteiger partial charge in [-0.15, -0.1) is 0 Å². The quantitative estimate of drug-likeness (QED) is 0.827. The number of anilines is 1. The number of fused-ring (bicyclic) bond motifs is 1. The summed E-state index contributed by atoms with van der Waals surface area (Å²) in [5.74, 6) is 1.95. The van der Waals surface area contributed by atoms with Gasteiger partial charge in [-0.2, -0.15) is 0 Å². The summed E-state index contributed by atoms with van der Waals surface area (Å²) in [4.78, 5) is 7.22. The van der Waals surface area contributed by atoms with Crippen LogP contribution >= 0.6 is 0 Å². The third-order valence-corrected chi connectivity index (χ3v) is 4.51. The van der Waals surface area contributed by atoms with Gasteiger partial charge in [-0.1, -0.05) is 0 Å². The van der Waals surface area contributed by atoms with E-state index in [-0.39, 0.29) is 0 Å². The maximum Gasteiger partial charge on any atom is 0.205 e. The molecule has 20 heavy (non-hydrogen) atoms. The van der Waals surface area contributed by atoms with Crippen molar-refractivity contribution in [3.8, 4) is 0 Å². The van der Waals surface area contributed by atoms with Crippen LogP contribution in [0.25, 0.3) is 0 Å². The molecule has 112 valence electrons. The van der Waals surface area contributed by atoms with Crippen molar-refractivity contribution in [2.45, 2.75) is 38.8 Å². The lowest BCUT2D eigenvalue weighted by Crippen LogP contribution is -2.40. The molecule has 2 fully saturated rings. The molecule has 0 aromatic carbocycles. The molecule has 0 radical (unpaired) electrons. The second-order valence-corrected chi connectivity index (χ2v) is 6.09. The maximum atomic E-state index is 5.16. The number of imidazole rings is 1. The number of aromatic nitrogens is 2. The summed E-state index contributed by atoms with van der Waals surface area (Å²) in [6, 6.07) is 0.660. The van der Waals surface area contributed by atoms with Crippen LogP contribution in [0.3, 0.4) is 0 Å². The molecule has 2 saturated heterocycles. The fourth-order valence-corrected chi connectivity index (χ4v) is 3.54. The Morgan fingerprint density at radius 1 is 1.45 bits per heavy atom. The summed E-state index contributed by atoms with van der Waals surface area (Å²) in [6.07, 6.45) is 5.88. The smallest absolute Gasteiger partial charge is 0.205 e. The lowest BCUT2D eigenvalue weighted by Gasteiger charge is -2.24. The zero-order valence-corrected chi connectivity index (χ0v) is 12.6. The number of hydrogen-bond acceptors (Lipinski definition) is 4. The lowest BCUT2D eigenvalue weighted by atomic mass is 9.94. The molecule has 0 aliphatic carbocycles. The zero-order chi connectivity index (χ0) is 13.9. The number of nitrogens with zero attached hydrogens (tertiary/aromatic N) is 3. The summed E-state index contributed by atoms with van der Waals surface area (Å²) in [5.41, 5.74) is 1.11. The van der Waals surface area contributed by atoms with Crippen LogP contribution < -0.4 is 10.2 Å². The number of hydrogen-bond donors (Lipinski definition) is 1. The molecule has 3 heterocycles. The summed E-state index contributed by atoms with van der Waals surface area (Å²) >= 11 is 0. The van der Waals surface area contributed by atoms with E-state index in [0.717, 1.165) is 50.2 Å². The average molecular weight is 278 g/mol. The molecule has 2 aliphatic heterocycles. The van der Waals surface area contributed by atoms with Gasteiger partial charge in [0.1, 0.15) is 0 Å². The highest BCUT2D eigenvalue weighted by atomic mass is 16.5. The molecule has 5 nitrogen and oxygen atoms in total. The van der Waals surface area contributed by atoms with Crippen LogP contribution in [0.2, 0.25) is 0 Å². The van der Waals surface area contributed by atoms with Gasteiger partial charge in [0, 0.05) is 45.6 Å². The van der Waals surface area contributed by atoms with Crippen LogP contribution in [0.1, 0.15) is 25.0 Å². The number of rotatable bonds is 5. The van der Waals surface area contributed by atoms with Crippen LogP contribution in [0.4, 0.5) is 5.95 Å². The Morgan fingerprint density at radius 2 is 2.35 bits per heavy atom. The highest BCUT2D eigenvalue weighted by molar-refractivity contribution is 5.36. The molecule has 1 aromatic heterocycles. The van der Waals surface area contributed by atoms with Crippen molar-refractivity contribution in [3.63, 3.8) is 0 Å². The summed E-state index contributed by atoms with van der Waals surface area (Å²) in [6.45, 7) is 7.31. The van der Waals surface area contributed by atoms with Gasteiger partial charge in [-0.25, -0.2) is 4.98 Å². The molecule has 1 aromatic rings. The Hall–Kier alpha value is -1.07. The predicted molar refractivity (Wildman–Crippen MR) is 80.2 cm³/mol. The Balaban J connectivity index is 1.70. The monoisotopic (exact) mass is 278 g/mol. The third-order valence-electron chi connectivity index (χ3n) is 4.51. The highest BCUT2D eigenvalue weighted by Gasteiger charge is 2.35. The van der Waals surface area contributed by atoms with Gasteiger partial charge < -0.3 is 19.5 Å². The molecule has 1 N–H and O–H groups in total. The maximum absolute atomic E-state index is 5.16. The second kappa shape index (κ2) is 6.14. The summed E-state index contributed by atoms with van der Waals surface area (Å²) < 4.78 is 7.45. The van der Waals surface area contributed by atoms with E-state index in [0.29, 0.717) is 6.04 Å². The molecule has 2 atom stereocenters. The van der Waals surface area contributed by atoms with Crippen LogP contribution in [-0.2, 0) is 11.3 Å². The molecule has 0 bridgehead atoms. The van der Waals surface area contributed by atoms with Crippen molar-refractivity contribution in [1.29, 1.82) is 0 Å². The molecule has 0 amide bonds. The fourth-order valence-electron chi connectivity index (χ4n) is 3.54. The van der Waals surface area contributed by atoms with Gasteiger partial charge in [-0.05, 0) is 38.6 Å². The van der Waals surface area contributed by atoms with Gasteiger partial charge in [0.2, 0.25) is 5.95 Å². The first-order valence-corrected chi connectivity index (χ1v) is 7.79. The van der Waals surface area contributed by atoms with Gasteiger partial charge >= 0.3 is 0 Å². The second-order valence-electron chi connectivity index (χ2n) is 6.09. The predicted octanol–water partition coefficient (Wildman–Crippen LogP) is 1.42. The number of ether oxygens (including phenoxy) is 1. The Morgan fingerprint density at radius 3 is 3.15 bits per heavy atom. The number of aryl methyl sites for hydroxylation is 2. The van der Waals surface area contributed by atoms with Crippen LogP contribution in [0.15, 0.2) is 6.20 Å². The van der Waals surface area contributed by atoms with Crippen LogP contribution in [0.5, 0.6) is 0 Å².